The molecule has 2 rings (SSSR count). The Bertz CT molecular complexity index is 433. The molecule has 0 aliphatic carbocycles. The molecule has 98 valence electrons. The lowest BCUT2D eigenvalue weighted by Gasteiger charge is -2.38. The van der Waals surface area contributed by atoms with E-state index in [1.807, 2.05) is 12.1 Å². The third-order valence-electron chi connectivity index (χ3n) is 4.04. The molecule has 0 aromatic heterocycles. The standard InChI is InChI=1S/C16H22ClN/c1-12(15(2,3)4)16(9-10-18-11-16)13-5-7-14(17)8-6-13/h5-8,18H,1,9-11H2,2-4H3. The molecule has 0 radical (unpaired) electrons. The first-order valence-corrected chi connectivity index (χ1v) is 6.91. The Morgan fingerprint density at radius 3 is 2.33 bits per heavy atom. The molecule has 1 heterocycles. The van der Waals surface area contributed by atoms with Crippen LogP contribution in [0.2, 0.25) is 5.02 Å². The fourth-order valence-corrected chi connectivity index (χ4v) is 2.98. The summed E-state index contributed by atoms with van der Waals surface area (Å²) in [7, 11) is 0. The van der Waals surface area contributed by atoms with Crippen LogP contribution in [0.15, 0.2) is 36.4 Å². The van der Waals surface area contributed by atoms with Crippen molar-refractivity contribution in [3.05, 3.63) is 47.0 Å². The zero-order valence-corrected chi connectivity index (χ0v) is 12.3. The Balaban J connectivity index is 2.45. The average molecular weight is 264 g/mol. The maximum absolute atomic E-state index is 6.00. The van der Waals surface area contributed by atoms with Crippen molar-refractivity contribution >= 4 is 11.6 Å². The molecule has 18 heavy (non-hydrogen) atoms. The van der Waals surface area contributed by atoms with Crippen molar-refractivity contribution in [3.63, 3.8) is 0 Å². The first-order valence-electron chi connectivity index (χ1n) is 6.53. The highest BCUT2D eigenvalue weighted by atomic mass is 35.5. The number of halogens is 1. The van der Waals surface area contributed by atoms with Crippen LogP contribution in [-0.2, 0) is 5.41 Å². The van der Waals surface area contributed by atoms with Crippen LogP contribution in [0.25, 0.3) is 0 Å². The molecule has 1 atom stereocenters. The molecule has 2 heteroatoms. The highest BCUT2D eigenvalue weighted by molar-refractivity contribution is 6.30. The predicted octanol–water partition coefficient (Wildman–Crippen LogP) is 4.17. The summed E-state index contributed by atoms with van der Waals surface area (Å²) in [5.74, 6) is 0. The van der Waals surface area contributed by atoms with Crippen molar-refractivity contribution in [2.75, 3.05) is 13.1 Å². The van der Waals surface area contributed by atoms with Crippen molar-refractivity contribution in [1.82, 2.24) is 5.32 Å². The number of hydrogen-bond donors (Lipinski definition) is 1. The van der Waals surface area contributed by atoms with Gasteiger partial charge in [-0.2, -0.15) is 0 Å². The van der Waals surface area contributed by atoms with Gasteiger partial charge in [-0.1, -0.05) is 56.7 Å². The van der Waals surface area contributed by atoms with Crippen LogP contribution in [0.1, 0.15) is 32.8 Å². The van der Waals surface area contributed by atoms with Gasteiger partial charge in [-0.3, -0.25) is 0 Å². The van der Waals surface area contributed by atoms with Gasteiger partial charge in [0.2, 0.25) is 0 Å². The van der Waals surface area contributed by atoms with Crippen LogP contribution in [0.4, 0.5) is 0 Å². The second-order valence-corrected chi connectivity index (χ2v) is 6.68. The van der Waals surface area contributed by atoms with Crippen LogP contribution in [0, 0.1) is 5.41 Å². The number of hydrogen-bond acceptors (Lipinski definition) is 1. The summed E-state index contributed by atoms with van der Waals surface area (Å²) in [6.45, 7) is 13.2. The smallest absolute Gasteiger partial charge is 0.0406 e. The summed E-state index contributed by atoms with van der Waals surface area (Å²) >= 11 is 6.00. The SMILES string of the molecule is C=C(C(C)(C)C)C1(c2ccc(Cl)cc2)CCNC1. The van der Waals surface area contributed by atoms with E-state index in [0.717, 1.165) is 24.5 Å². The normalized spacial score (nSPS) is 24.2. The Kier molecular flexibility index (Phi) is 3.57. The fourth-order valence-electron chi connectivity index (χ4n) is 2.86. The molecule has 1 aromatic rings. The van der Waals surface area contributed by atoms with Gasteiger partial charge in [0, 0.05) is 17.0 Å². The number of rotatable bonds is 2. The molecule has 0 bridgehead atoms. The number of nitrogens with one attached hydrogen (secondary N) is 1. The first kappa shape index (κ1) is 13.6. The van der Waals surface area contributed by atoms with Crippen LogP contribution in [0.5, 0.6) is 0 Å². The lowest BCUT2D eigenvalue weighted by Crippen LogP contribution is -2.36. The lowest BCUT2D eigenvalue weighted by atomic mass is 9.65. The molecular formula is C16H22ClN. The lowest BCUT2D eigenvalue weighted by molar-refractivity contribution is 0.395. The van der Waals surface area contributed by atoms with Gasteiger partial charge < -0.3 is 5.32 Å². The molecular weight excluding hydrogens is 242 g/mol. The third kappa shape index (κ3) is 2.34. The summed E-state index contributed by atoms with van der Waals surface area (Å²) in [5, 5.41) is 4.28. The summed E-state index contributed by atoms with van der Waals surface area (Å²) in [5.41, 5.74) is 2.81. The Morgan fingerprint density at radius 1 is 1.28 bits per heavy atom. The van der Waals surface area contributed by atoms with Gasteiger partial charge in [0.25, 0.3) is 0 Å². The zero-order chi connectivity index (χ0) is 13.4. The second-order valence-electron chi connectivity index (χ2n) is 6.24. The maximum Gasteiger partial charge on any atom is 0.0406 e. The molecule has 1 aliphatic rings. The Morgan fingerprint density at radius 2 is 1.89 bits per heavy atom. The minimum Gasteiger partial charge on any atom is -0.315 e. The molecule has 1 saturated heterocycles. The van der Waals surface area contributed by atoms with Gasteiger partial charge in [0.1, 0.15) is 0 Å². The van der Waals surface area contributed by atoms with E-state index in [1.165, 1.54) is 11.1 Å². The number of benzene rings is 1. The minimum absolute atomic E-state index is 0.0584. The van der Waals surface area contributed by atoms with Crippen molar-refractivity contribution < 1.29 is 0 Å². The summed E-state index contributed by atoms with van der Waals surface area (Å²) in [4.78, 5) is 0. The van der Waals surface area contributed by atoms with Crippen molar-refractivity contribution in [2.45, 2.75) is 32.6 Å². The van der Waals surface area contributed by atoms with Gasteiger partial charge in [0.05, 0.1) is 0 Å². The predicted molar refractivity (Wildman–Crippen MR) is 79.2 cm³/mol. The van der Waals surface area contributed by atoms with Gasteiger partial charge in [-0.05, 0) is 36.1 Å². The van der Waals surface area contributed by atoms with E-state index in [4.69, 9.17) is 11.6 Å². The topological polar surface area (TPSA) is 12.0 Å². The van der Waals surface area contributed by atoms with Crippen molar-refractivity contribution in [3.8, 4) is 0 Å². The van der Waals surface area contributed by atoms with E-state index in [0.29, 0.717) is 0 Å². The van der Waals surface area contributed by atoms with Crippen LogP contribution in [-0.4, -0.2) is 13.1 Å². The van der Waals surface area contributed by atoms with Crippen LogP contribution < -0.4 is 5.32 Å². The van der Waals surface area contributed by atoms with Crippen molar-refractivity contribution in [1.29, 1.82) is 0 Å². The Labute approximate surface area is 115 Å². The highest BCUT2D eigenvalue weighted by Gasteiger charge is 2.42. The van der Waals surface area contributed by atoms with E-state index in [-0.39, 0.29) is 10.8 Å². The van der Waals surface area contributed by atoms with E-state index in [1.54, 1.807) is 0 Å². The summed E-state index contributed by atoms with van der Waals surface area (Å²) < 4.78 is 0. The molecule has 0 amide bonds. The molecule has 1 N–H and O–H groups in total. The summed E-state index contributed by atoms with van der Waals surface area (Å²) in [6, 6.07) is 8.25. The summed E-state index contributed by atoms with van der Waals surface area (Å²) in [6.07, 6.45) is 1.12. The van der Waals surface area contributed by atoms with Crippen molar-refractivity contribution in [2.24, 2.45) is 5.41 Å². The Hall–Kier alpha value is -0.790. The van der Waals surface area contributed by atoms with Crippen LogP contribution in [0.3, 0.4) is 0 Å². The van der Waals surface area contributed by atoms with E-state index >= 15 is 0 Å². The van der Waals surface area contributed by atoms with E-state index in [2.05, 4.69) is 44.8 Å². The molecule has 0 spiro atoms. The first-order chi connectivity index (χ1) is 8.36. The quantitative estimate of drug-likeness (QED) is 0.790. The third-order valence-corrected chi connectivity index (χ3v) is 4.29. The average Bonchev–Trinajstić information content (AvgIpc) is 2.78. The monoisotopic (exact) mass is 263 g/mol. The molecule has 1 unspecified atom stereocenters. The highest BCUT2D eigenvalue weighted by Crippen LogP contribution is 2.45. The fraction of sp³-hybridized carbons (Fsp3) is 0.500. The van der Waals surface area contributed by atoms with Gasteiger partial charge in [-0.25, -0.2) is 0 Å². The minimum atomic E-state index is 0.0584. The zero-order valence-electron chi connectivity index (χ0n) is 11.5. The van der Waals surface area contributed by atoms with Gasteiger partial charge in [0.15, 0.2) is 0 Å². The van der Waals surface area contributed by atoms with Gasteiger partial charge in [-0.15, -0.1) is 0 Å². The largest absolute Gasteiger partial charge is 0.315 e. The molecule has 1 aliphatic heterocycles. The molecule has 0 saturated carbocycles. The van der Waals surface area contributed by atoms with E-state index < -0.39 is 0 Å². The molecule has 1 nitrogen and oxygen atoms in total. The maximum atomic E-state index is 6.00. The van der Waals surface area contributed by atoms with Gasteiger partial charge >= 0.3 is 0 Å². The molecule has 1 fully saturated rings. The van der Waals surface area contributed by atoms with Crippen LogP contribution >= 0.6 is 11.6 Å². The van der Waals surface area contributed by atoms with E-state index in [9.17, 15) is 0 Å². The second kappa shape index (κ2) is 4.71. The molecule has 1 aromatic carbocycles.